The van der Waals surface area contributed by atoms with Crippen LogP contribution in [0.3, 0.4) is 0 Å². The molecule has 0 atom stereocenters. The molecule has 0 aliphatic heterocycles. The molecule has 0 radical (unpaired) electrons. The van der Waals surface area contributed by atoms with Crippen molar-refractivity contribution >= 4 is 39.0 Å². The van der Waals surface area contributed by atoms with Crippen molar-refractivity contribution in [2.45, 2.75) is 17.8 Å². The van der Waals surface area contributed by atoms with Crippen LogP contribution in [0.5, 0.6) is 5.75 Å². The molecule has 9 heteroatoms. The highest BCUT2D eigenvalue weighted by atomic mass is 35.5. The van der Waals surface area contributed by atoms with Crippen molar-refractivity contribution in [3.63, 3.8) is 0 Å². The van der Waals surface area contributed by atoms with Crippen molar-refractivity contribution in [3.05, 3.63) is 81.6 Å². The van der Waals surface area contributed by atoms with Crippen LogP contribution >= 0.6 is 23.2 Å². The predicted octanol–water partition coefficient (Wildman–Crippen LogP) is 4.28. The number of aromatic nitrogens is 2. The van der Waals surface area contributed by atoms with Gasteiger partial charge in [-0.3, -0.25) is 0 Å². The molecule has 0 aliphatic carbocycles. The van der Waals surface area contributed by atoms with Gasteiger partial charge < -0.3 is 4.74 Å². The Bertz CT molecular complexity index is 1140. The monoisotopic (exact) mass is 436 g/mol. The lowest BCUT2D eigenvalue weighted by Gasteiger charge is -2.08. The summed E-state index contributed by atoms with van der Waals surface area (Å²) in [5.74, 6) is -0.971. The highest BCUT2D eigenvalue weighted by Crippen LogP contribution is 2.23. The van der Waals surface area contributed by atoms with Crippen LogP contribution in [0.15, 0.2) is 59.9 Å². The number of nitrogens with zero attached hydrogens (tertiary/aromatic N) is 2. The molecule has 6 nitrogen and oxygen atoms in total. The number of ether oxygens (including phenoxy) is 1. The number of carbonyl (C=O) groups is 1. The molecule has 3 rings (SSSR count). The molecule has 0 fully saturated rings. The number of hydrogen-bond acceptors (Lipinski definition) is 6. The molecule has 0 N–H and O–H groups in total. The SMILES string of the molecule is Cc1cc(OC(=O)c2nc(S(=O)(=O)Cc3ccccc3)ncc2Cl)ccc1Cl. The zero-order valence-corrected chi connectivity index (χ0v) is 16.9. The summed E-state index contributed by atoms with van der Waals surface area (Å²) in [6.07, 6.45) is 1.07. The minimum atomic E-state index is -3.88. The number of esters is 1. The Kier molecular flexibility index (Phi) is 5.98. The molecular weight excluding hydrogens is 423 g/mol. The van der Waals surface area contributed by atoms with Gasteiger partial charge in [0.05, 0.1) is 17.0 Å². The fourth-order valence-electron chi connectivity index (χ4n) is 2.34. The molecule has 28 heavy (non-hydrogen) atoms. The molecular formula is C19H14Cl2N2O4S. The molecule has 2 aromatic carbocycles. The molecule has 1 aromatic heterocycles. The van der Waals surface area contributed by atoms with Gasteiger partial charge in [-0.1, -0.05) is 53.5 Å². The van der Waals surface area contributed by atoms with Gasteiger partial charge in [0, 0.05) is 5.02 Å². The quantitative estimate of drug-likeness (QED) is 0.336. The standard InChI is InChI=1S/C19H14Cl2N2O4S/c1-12-9-14(7-8-15(12)20)27-18(24)17-16(21)10-22-19(23-17)28(25,26)11-13-5-3-2-4-6-13/h2-10H,11H2,1H3. The summed E-state index contributed by atoms with van der Waals surface area (Å²) in [7, 11) is -3.88. The Morgan fingerprint density at radius 1 is 1.07 bits per heavy atom. The Balaban J connectivity index is 1.88. The molecule has 144 valence electrons. The highest BCUT2D eigenvalue weighted by Gasteiger charge is 2.24. The summed E-state index contributed by atoms with van der Waals surface area (Å²) in [4.78, 5) is 20.1. The Morgan fingerprint density at radius 3 is 2.46 bits per heavy atom. The van der Waals surface area contributed by atoms with Crippen molar-refractivity contribution in [1.29, 1.82) is 0 Å². The fraction of sp³-hybridized carbons (Fsp3) is 0.105. The molecule has 0 saturated heterocycles. The zero-order chi connectivity index (χ0) is 20.3. The van der Waals surface area contributed by atoms with Crippen molar-refractivity contribution in [1.82, 2.24) is 9.97 Å². The third-order valence-corrected chi connectivity index (χ3v) is 5.90. The van der Waals surface area contributed by atoms with Gasteiger partial charge in [0.15, 0.2) is 5.69 Å². The fourth-order valence-corrected chi connectivity index (χ4v) is 3.83. The molecule has 3 aromatic rings. The van der Waals surface area contributed by atoms with Crippen LogP contribution in [-0.2, 0) is 15.6 Å². The molecule has 1 heterocycles. The van der Waals surface area contributed by atoms with E-state index in [4.69, 9.17) is 27.9 Å². The first kappa shape index (κ1) is 20.3. The van der Waals surface area contributed by atoms with E-state index in [-0.39, 0.29) is 22.2 Å². The molecule has 0 unspecified atom stereocenters. The lowest BCUT2D eigenvalue weighted by atomic mass is 10.2. The van der Waals surface area contributed by atoms with Crippen LogP contribution < -0.4 is 4.74 Å². The summed E-state index contributed by atoms with van der Waals surface area (Å²) in [5.41, 5.74) is 0.949. The first-order valence-corrected chi connectivity index (χ1v) is 10.4. The Hall–Kier alpha value is -2.48. The molecule has 0 bridgehead atoms. The summed E-state index contributed by atoms with van der Waals surface area (Å²) in [5, 5.41) is -0.0940. The Labute approximate surface area is 172 Å². The van der Waals surface area contributed by atoms with E-state index in [0.29, 0.717) is 16.1 Å². The number of halogens is 2. The van der Waals surface area contributed by atoms with Crippen molar-refractivity contribution in [3.8, 4) is 5.75 Å². The van der Waals surface area contributed by atoms with Gasteiger partial charge in [-0.25, -0.2) is 23.2 Å². The van der Waals surface area contributed by atoms with Crippen LogP contribution in [0.25, 0.3) is 0 Å². The van der Waals surface area contributed by atoms with Gasteiger partial charge in [0.2, 0.25) is 15.0 Å². The Morgan fingerprint density at radius 2 is 1.79 bits per heavy atom. The van der Waals surface area contributed by atoms with E-state index in [0.717, 1.165) is 6.20 Å². The largest absolute Gasteiger partial charge is 0.422 e. The average molecular weight is 437 g/mol. The first-order chi connectivity index (χ1) is 13.3. The van der Waals surface area contributed by atoms with Crippen LogP contribution in [0.4, 0.5) is 0 Å². The van der Waals surface area contributed by atoms with Gasteiger partial charge in [-0.15, -0.1) is 0 Å². The van der Waals surface area contributed by atoms with Crippen molar-refractivity contribution in [2.24, 2.45) is 0 Å². The lowest BCUT2D eigenvalue weighted by molar-refractivity contribution is 0.0727. The summed E-state index contributed by atoms with van der Waals surface area (Å²) < 4.78 is 30.4. The number of benzene rings is 2. The molecule has 0 saturated carbocycles. The second kappa shape index (κ2) is 8.26. The number of aryl methyl sites for hydroxylation is 1. The van der Waals surface area contributed by atoms with Gasteiger partial charge in [-0.05, 0) is 36.2 Å². The number of sulfone groups is 1. The summed E-state index contributed by atoms with van der Waals surface area (Å²) in [6.45, 7) is 1.76. The van der Waals surface area contributed by atoms with Crippen LogP contribution in [0.1, 0.15) is 21.6 Å². The second-order valence-corrected chi connectivity index (χ2v) is 8.59. The van der Waals surface area contributed by atoms with Crippen molar-refractivity contribution < 1.29 is 17.9 Å². The molecule has 0 spiro atoms. The maximum absolute atomic E-state index is 12.6. The van der Waals surface area contributed by atoms with Crippen molar-refractivity contribution in [2.75, 3.05) is 0 Å². The van der Waals surface area contributed by atoms with Crippen LogP contribution in [-0.4, -0.2) is 24.4 Å². The minimum Gasteiger partial charge on any atom is -0.422 e. The van der Waals surface area contributed by atoms with E-state index in [9.17, 15) is 13.2 Å². The van der Waals surface area contributed by atoms with E-state index in [1.807, 2.05) is 0 Å². The van der Waals surface area contributed by atoms with E-state index >= 15 is 0 Å². The highest BCUT2D eigenvalue weighted by molar-refractivity contribution is 7.90. The third-order valence-electron chi connectivity index (χ3n) is 3.73. The van der Waals surface area contributed by atoms with E-state index in [1.165, 1.54) is 6.07 Å². The maximum Gasteiger partial charge on any atom is 0.364 e. The zero-order valence-electron chi connectivity index (χ0n) is 14.6. The minimum absolute atomic E-state index is 0.116. The predicted molar refractivity (Wildman–Crippen MR) is 106 cm³/mol. The number of carbonyl (C=O) groups excluding carboxylic acids is 1. The van der Waals surface area contributed by atoms with Gasteiger partial charge in [0.1, 0.15) is 5.75 Å². The summed E-state index contributed by atoms with van der Waals surface area (Å²) >= 11 is 11.9. The normalized spacial score (nSPS) is 11.2. The van der Waals surface area contributed by atoms with Gasteiger partial charge in [-0.2, -0.15) is 0 Å². The molecule has 0 amide bonds. The first-order valence-electron chi connectivity index (χ1n) is 8.04. The van der Waals surface area contributed by atoms with Gasteiger partial charge >= 0.3 is 5.97 Å². The molecule has 0 aliphatic rings. The second-order valence-electron chi connectivity index (χ2n) is 5.89. The number of rotatable bonds is 5. The van der Waals surface area contributed by atoms with Crippen LogP contribution in [0.2, 0.25) is 10.0 Å². The number of hydrogen-bond donors (Lipinski definition) is 0. The van der Waals surface area contributed by atoms with E-state index in [2.05, 4.69) is 9.97 Å². The topological polar surface area (TPSA) is 86.2 Å². The van der Waals surface area contributed by atoms with Gasteiger partial charge in [0.25, 0.3) is 0 Å². The van der Waals surface area contributed by atoms with Crippen LogP contribution in [0, 0.1) is 6.92 Å². The van der Waals surface area contributed by atoms with E-state index < -0.39 is 21.0 Å². The summed E-state index contributed by atoms with van der Waals surface area (Å²) in [6, 6.07) is 13.2. The third kappa shape index (κ3) is 4.67. The van der Waals surface area contributed by atoms with E-state index in [1.54, 1.807) is 49.4 Å². The lowest BCUT2D eigenvalue weighted by Crippen LogP contribution is -2.16. The average Bonchev–Trinajstić information content (AvgIpc) is 2.65. The maximum atomic E-state index is 12.6. The smallest absolute Gasteiger partial charge is 0.364 e.